The Hall–Kier alpha value is -4.44. The van der Waals surface area contributed by atoms with Crippen LogP contribution in [0.3, 0.4) is 0 Å². The number of imidazole rings is 1. The molecule has 6 rings (SSSR count). The molecule has 0 saturated carbocycles. The highest BCUT2D eigenvalue weighted by atomic mass is 16.5. The van der Waals surface area contributed by atoms with Gasteiger partial charge in [0, 0.05) is 49.6 Å². The van der Waals surface area contributed by atoms with Gasteiger partial charge in [-0.2, -0.15) is 10.1 Å². The molecule has 2 aromatic carbocycles. The van der Waals surface area contributed by atoms with Gasteiger partial charge in [0.1, 0.15) is 11.3 Å². The number of aromatic nitrogens is 5. The zero-order valence-corrected chi connectivity index (χ0v) is 21.0. The predicted molar refractivity (Wildman–Crippen MR) is 143 cm³/mol. The number of fused-ring (bicyclic) bond motifs is 2. The van der Waals surface area contributed by atoms with Gasteiger partial charge in [-0.05, 0) is 44.7 Å². The molecule has 1 saturated heterocycles. The Labute approximate surface area is 213 Å². The Morgan fingerprint density at radius 3 is 2.70 bits per heavy atom. The molecule has 1 atom stereocenters. The predicted octanol–water partition coefficient (Wildman–Crippen LogP) is 3.77. The Kier molecular flexibility index (Phi) is 5.72. The van der Waals surface area contributed by atoms with Crippen molar-refractivity contribution in [2.75, 3.05) is 30.4 Å². The molecule has 4 heterocycles. The van der Waals surface area contributed by atoms with Crippen molar-refractivity contribution in [1.29, 1.82) is 0 Å². The summed E-state index contributed by atoms with van der Waals surface area (Å²) in [5.41, 5.74) is 3.62. The molecule has 10 heteroatoms. The number of likely N-dealkylation sites (N-methyl/N-ethyl adjacent to an activating group) is 1. The lowest BCUT2D eigenvalue weighted by Crippen LogP contribution is -2.29. The van der Waals surface area contributed by atoms with Crippen molar-refractivity contribution in [2.45, 2.75) is 19.4 Å². The van der Waals surface area contributed by atoms with E-state index in [9.17, 15) is 4.79 Å². The quantitative estimate of drug-likeness (QED) is 0.369. The van der Waals surface area contributed by atoms with Crippen molar-refractivity contribution >= 4 is 34.0 Å². The Bertz CT molecular complexity index is 1610. The van der Waals surface area contributed by atoms with E-state index in [0.717, 1.165) is 36.3 Å². The minimum Gasteiger partial charge on any atom is -0.436 e. The number of hydrogen-bond donors (Lipinski definition) is 2. The van der Waals surface area contributed by atoms with E-state index in [1.807, 2.05) is 75.9 Å². The summed E-state index contributed by atoms with van der Waals surface area (Å²) in [6.45, 7) is 3.78. The standard InChI is InChI=1S/C27H28N8O2/c1-17-13-35-16-23(31-27(25(35)29-17)37-19-7-5-4-6-8-19)30-26(36)20-9-10-22(21-15-33(3)32-24(20)21)34-12-11-18(14-34)28-2/h4-10,13,15-16,18,28H,11-12,14H2,1-3H3,(H,30,36)/t18-/m1/s1. The third-order valence-electron chi connectivity index (χ3n) is 6.68. The molecule has 0 radical (unpaired) electrons. The third kappa shape index (κ3) is 4.36. The number of carbonyl (C=O) groups is 1. The molecule has 3 aromatic heterocycles. The molecule has 1 aliphatic heterocycles. The fraction of sp³-hybridized carbons (Fsp3) is 0.259. The zero-order chi connectivity index (χ0) is 25.5. The van der Waals surface area contributed by atoms with E-state index >= 15 is 0 Å². The van der Waals surface area contributed by atoms with Crippen LogP contribution in [0.1, 0.15) is 22.5 Å². The van der Waals surface area contributed by atoms with Crippen LogP contribution in [0.5, 0.6) is 11.6 Å². The second-order valence-electron chi connectivity index (χ2n) is 9.33. The van der Waals surface area contributed by atoms with Crippen molar-refractivity contribution in [2.24, 2.45) is 7.05 Å². The highest BCUT2D eigenvalue weighted by Crippen LogP contribution is 2.32. The van der Waals surface area contributed by atoms with Gasteiger partial charge in [0.05, 0.1) is 17.5 Å². The number of anilines is 2. The molecule has 0 spiro atoms. The van der Waals surface area contributed by atoms with Crippen LogP contribution in [0.4, 0.5) is 11.5 Å². The van der Waals surface area contributed by atoms with Crippen LogP contribution >= 0.6 is 0 Å². The van der Waals surface area contributed by atoms with Crippen LogP contribution in [-0.4, -0.2) is 56.2 Å². The number of rotatable bonds is 6. The minimum absolute atomic E-state index is 0.292. The van der Waals surface area contributed by atoms with E-state index in [-0.39, 0.29) is 5.91 Å². The monoisotopic (exact) mass is 496 g/mol. The highest BCUT2D eigenvalue weighted by molar-refractivity contribution is 6.13. The average Bonchev–Trinajstić information content (AvgIpc) is 3.61. The van der Waals surface area contributed by atoms with Gasteiger partial charge >= 0.3 is 0 Å². The maximum atomic E-state index is 13.5. The maximum absolute atomic E-state index is 13.5. The Morgan fingerprint density at radius 2 is 1.92 bits per heavy atom. The number of ether oxygens (including phenoxy) is 1. The minimum atomic E-state index is -0.292. The second kappa shape index (κ2) is 9.21. The molecule has 37 heavy (non-hydrogen) atoms. The molecule has 1 amide bonds. The third-order valence-corrected chi connectivity index (χ3v) is 6.68. The van der Waals surface area contributed by atoms with Crippen LogP contribution in [-0.2, 0) is 7.05 Å². The summed E-state index contributed by atoms with van der Waals surface area (Å²) in [7, 11) is 3.87. The van der Waals surface area contributed by atoms with Crippen molar-refractivity contribution in [1.82, 2.24) is 29.5 Å². The first-order valence-electron chi connectivity index (χ1n) is 12.3. The Morgan fingerprint density at radius 1 is 1.08 bits per heavy atom. The van der Waals surface area contributed by atoms with Crippen molar-refractivity contribution in [3.05, 3.63) is 72.3 Å². The van der Waals surface area contributed by atoms with Crippen LogP contribution < -0.4 is 20.3 Å². The fourth-order valence-electron chi connectivity index (χ4n) is 4.88. The number of hydrogen-bond acceptors (Lipinski definition) is 7. The van der Waals surface area contributed by atoms with Crippen molar-refractivity contribution in [3.63, 3.8) is 0 Å². The first-order valence-corrected chi connectivity index (χ1v) is 12.3. The van der Waals surface area contributed by atoms with Crippen molar-refractivity contribution < 1.29 is 9.53 Å². The molecule has 5 aromatic rings. The number of amides is 1. The molecular formula is C27H28N8O2. The fourth-order valence-corrected chi connectivity index (χ4v) is 4.88. The molecule has 1 aliphatic rings. The number of carbonyl (C=O) groups excluding carboxylic acids is 1. The SMILES string of the molecule is CN[C@@H]1CCN(c2ccc(C(=O)Nc3cn4cc(C)nc4c(Oc4ccccc4)n3)c3nn(C)cc23)C1. The lowest BCUT2D eigenvalue weighted by Gasteiger charge is -2.20. The molecule has 0 aliphatic carbocycles. The van der Waals surface area contributed by atoms with E-state index in [1.54, 1.807) is 15.3 Å². The summed E-state index contributed by atoms with van der Waals surface area (Å²) in [5.74, 6) is 1.00. The smallest absolute Gasteiger partial charge is 0.265 e. The first-order chi connectivity index (χ1) is 18.0. The molecule has 0 bridgehead atoms. The normalized spacial score (nSPS) is 15.5. The largest absolute Gasteiger partial charge is 0.436 e. The number of aryl methyl sites for hydroxylation is 2. The average molecular weight is 497 g/mol. The van der Waals surface area contributed by atoms with Gasteiger partial charge in [0.15, 0.2) is 5.82 Å². The van der Waals surface area contributed by atoms with Crippen molar-refractivity contribution in [3.8, 4) is 11.6 Å². The van der Waals surface area contributed by atoms with Crippen LogP contribution in [0.25, 0.3) is 16.6 Å². The second-order valence-corrected chi connectivity index (χ2v) is 9.33. The summed E-state index contributed by atoms with van der Waals surface area (Å²) >= 11 is 0. The molecule has 10 nitrogen and oxygen atoms in total. The number of nitrogens with zero attached hydrogens (tertiary/aromatic N) is 6. The molecule has 188 valence electrons. The number of nitrogens with one attached hydrogen (secondary N) is 2. The molecule has 0 unspecified atom stereocenters. The first kappa shape index (κ1) is 23.0. The Balaban J connectivity index is 1.34. The summed E-state index contributed by atoms with van der Waals surface area (Å²) in [4.78, 5) is 24.9. The number of benzene rings is 2. The summed E-state index contributed by atoms with van der Waals surface area (Å²) in [6.07, 6.45) is 6.65. The van der Waals surface area contributed by atoms with Crippen LogP contribution in [0, 0.1) is 6.92 Å². The van der Waals surface area contributed by atoms with Crippen LogP contribution in [0.15, 0.2) is 61.1 Å². The van der Waals surface area contributed by atoms with E-state index < -0.39 is 0 Å². The lowest BCUT2D eigenvalue weighted by molar-refractivity contribution is 0.102. The van der Waals surface area contributed by atoms with Gasteiger partial charge in [-0.15, -0.1) is 0 Å². The topological polar surface area (TPSA) is 102 Å². The van der Waals surface area contributed by atoms with Gasteiger partial charge in [0.2, 0.25) is 5.65 Å². The van der Waals surface area contributed by atoms with Gasteiger partial charge in [-0.3, -0.25) is 13.9 Å². The van der Waals surface area contributed by atoms with E-state index in [4.69, 9.17) is 4.74 Å². The summed E-state index contributed by atoms with van der Waals surface area (Å²) in [5, 5.41) is 11.9. The van der Waals surface area contributed by atoms with E-state index in [1.165, 1.54) is 0 Å². The summed E-state index contributed by atoms with van der Waals surface area (Å²) in [6, 6.07) is 13.7. The zero-order valence-electron chi connectivity index (χ0n) is 21.0. The lowest BCUT2D eigenvalue weighted by atomic mass is 10.1. The van der Waals surface area contributed by atoms with E-state index in [0.29, 0.717) is 40.2 Å². The highest BCUT2D eigenvalue weighted by Gasteiger charge is 2.25. The van der Waals surface area contributed by atoms with Gasteiger partial charge in [0.25, 0.3) is 11.8 Å². The van der Waals surface area contributed by atoms with Gasteiger partial charge < -0.3 is 20.3 Å². The molecule has 2 N–H and O–H groups in total. The molecular weight excluding hydrogens is 468 g/mol. The van der Waals surface area contributed by atoms with Gasteiger partial charge in [-0.25, -0.2) is 4.98 Å². The van der Waals surface area contributed by atoms with Crippen LogP contribution in [0.2, 0.25) is 0 Å². The summed E-state index contributed by atoms with van der Waals surface area (Å²) < 4.78 is 9.58. The molecule has 1 fully saturated rings. The maximum Gasteiger partial charge on any atom is 0.265 e. The van der Waals surface area contributed by atoms with E-state index in [2.05, 4.69) is 30.6 Å². The number of para-hydroxylation sites is 1. The van der Waals surface area contributed by atoms with Gasteiger partial charge in [-0.1, -0.05) is 18.2 Å².